The third-order valence-electron chi connectivity index (χ3n) is 5.22. The number of nitrogens with zero attached hydrogens (tertiary/aromatic N) is 1. The molecule has 0 saturated carbocycles. The smallest absolute Gasteiger partial charge is 0.343 e. The molecule has 36 heavy (non-hydrogen) atoms. The Hall–Kier alpha value is -4.77. The van der Waals surface area contributed by atoms with Gasteiger partial charge in [0.05, 0.1) is 26.9 Å². The third-order valence-corrected chi connectivity index (χ3v) is 5.22. The fourth-order valence-electron chi connectivity index (χ4n) is 3.36. The Morgan fingerprint density at radius 3 is 2.19 bits per heavy atom. The largest absolute Gasteiger partial charge is 0.493 e. The number of amides is 1. The van der Waals surface area contributed by atoms with Gasteiger partial charge in [0.15, 0.2) is 23.0 Å². The molecule has 1 N–H and O–H groups in total. The van der Waals surface area contributed by atoms with Crippen LogP contribution in [0.5, 0.6) is 23.0 Å². The molecule has 8 heteroatoms. The van der Waals surface area contributed by atoms with E-state index in [2.05, 4.69) is 5.32 Å². The Balaban J connectivity index is 1.66. The first-order chi connectivity index (χ1) is 17.5. The molecule has 3 aromatic carbocycles. The first-order valence-corrected chi connectivity index (χ1v) is 11.0. The van der Waals surface area contributed by atoms with Crippen molar-refractivity contribution in [2.24, 2.45) is 0 Å². The van der Waals surface area contributed by atoms with Crippen LogP contribution in [-0.4, -0.2) is 39.8 Å². The summed E-state index contributed by atoms with van der Waals surface area (Å²) in [5, 5.41) is 12.3. The zero-order chi connectivity index (χ0) is 25.9. The number of rotatable bonds is 10. The summed E-state index contributed by atoms with van der Waals surface area (Å²) in [6, 6.07) is 20.8. The van der Waals surface area contributed by atoms with Crippen LogP contribution in [-0.2, 0) is 11.2 Å². The van der Waals surface area contributed by atoms with Crippen molar-refractivity contribution in [2.75, 3.05) is 27.9 Å². The normalized spacial score (nSPS) is 10.7. The van der Waals surface area contributed by atoms with Gasteiger partial charge < -0.3 is 24.3 Å². The van der Waals surface area contributed by atoms with Gasteiger partial charge in [-0.1, -0.05) is 30.3 Å². The topological polar surface area (TPSA) is 107 Å². The fourth-order valence-corrected chi connectivity index (χ4v) is 3.36. The van der Waals surface area contributed by atoms with E-state index in [1.54, 1.807) is 68.8 Å². The van der Waals surface area contributed by atoms with Gasteiger partial charge >= 0.3 is 5.97 Å². The number of nitriles is 1. The number of hydrogen-bond acceptors (Lipinski definition) is 7. The Kier molecular flexibility index (Phi) is 9.06. The average molecular weight is 487 g/mol. The molecule has 3 rings (SSSR count). The lowest BCUT2D eigenvalue weighted by Gasteiger charge is -2.11. The molecule has 0 aliphatic heterocycles. The maximum atomic E-state index is 12.6. The second-order valence-corrected chi connectivity index (χ2v) is 7.53. The standard InChI is InChI=1S/C28H26N2O6/c1-33-23-11-9-19(16-25(23)34-2)13-14-30-27(31)22(18-29)15-20-10-12-24(26(17-20)35-3)36-28(32)21-7-5-4-6-8-21/h4-12,15-17H,13-14H2,1-3H3,(H,30,31)/b22-15+. The van der Waals surface area contributed by atoms with Gasteiger partial charge in [0.1, 0.15) is 11.6 Å². The molecule has 0 bridgehead atoms. The van der Waals surface area contributed by atoms with Crippen LogP contribution in [0.15, 0.2) is 72.3 Å². The summed E-state index contributed by atoms with van der Waals surface area (Å²) in [4.78, 5) is 24.9. The summed E-state index contributed by atoms with van der Waals surface area (Å²) in [5.41, 5.74) is 1.82. The quantitative estimate of drug-likeness (QED) is 0.198. The maximum absolute atomic E-state index is 12.6. The molecule has 1 amide bonds. The van der Waals surface area contributed by atoms with E-state index in [4.69, 9.17) is 18.9 Å². The van der Waals surface area contributed by atoms with Gasteiger partial charge in [0.25, 0.3) is 5.91 Å². The minimum atomic E-state index is -0.524. The number of ether oxygens (including phenoxy) is 4. The molecular formula is C28H26N2O6. The molecule has 0 unspecified atom stereocenters. The first kappa shape index (κ1) is 25.8. The third kappa shape index (κ3) is 6.64. The second kappa shape index (κ2) is 12.6. The molecule has 0 saturated heterocycles. The molecule has 0 atom stereocenters. The van der Waals surface area contributed by atoms with Crippen LogP contribution in [0.2, 0.25) is 0 Å². The van der Waals surface area contributed by atoms with Crippen molar-refractivity contribution >= 4 is 18.0 Å². The SMILES string of the molecule is COc1ccc(CCNC(=O)/C(C#N)=C/c2ccc(OC(=O)c3ccccc3)c(OC)c2)cc1OC. The van der Waals surface area contributed by atoms with Gasteiger partial charge in [-0.05, 0) is 60.0 Å². The van der Waals surface area contributed by atoms with Gasteiger partial charge in [0, 0.05) is 6.54 Å². The summed E-state index contributed by atoms with van der Waals surface area (Å²) in [7, 11) is 4.56. The highest BCUT2D eigenvalue weighted by molar-refractivity contribution is 6.01. The molecule has 0 spiro atoms. The van der Waals surface area contributed by atoms with Crippen LogP contribution >= 0.6 is 0 Å². The van der Waals surface area contributed by atoms with Gasteiger partial charge in [-0.25, -0.2) is 4.79 Å². The summed E-state index contributed by atoms with van der Waals surface area (Å²) >= 11 is 0. The summed E-state index contributed by atoms with van der Waals surface area (Å²) < 4.78 is 21.3. The Bertz CT molecular complexity index is 1300. The Morgan fingerprint density at radius 1 is 0.861 bits per heavy atom. The molecule has 0 aliphatic carbocycles. The molecule has 0 aromatic heterocycles. The number of benzene rings is 3. The second-order valence-electron chi connectivity index (χ2n) is 7.53. The molecule has 0 radical (unpaired) electrons. The monoisotopic (exact) mass is 486 g/mol. The molecular weight excluding hydrogens is 460 g/mol. The number of carbonyl (C=O) groups is 2. The van der Waals surface area contributed by atoms with Crippen LogP contribution in [0, 0.1) is 11.3 Å². The average Bonchev–Trinajstić information content (AvgIpc) is 2.92. The van der Waals surface area contributed by atoms with Gasteiger partial charge in [-0.15, -0.1) is 0 Å². The zero-order valence-corrected chi connectivity index (χ0v) is 20.2. The Morgan fingerprint density at radius 2 is 1.53 bits per heavy atom. The number of esters is 1. The van der Waals surface area contributed by atoms with Gasteiger partial charge in [-0.3, -0.25) is 4.79 Å². The highest BCUT2D eigenvalue weighted by Crippen LogP contribution is 2.30. The lowest BCUT2D eigenvalue weighted by molar-refractivity contribution is -0.117. The van der Waals surface area contributed by atoms with E-state index in [1.807, 2.05) is 18.2 Å². The molecule has 0 aliphatic rings. The predicted molar refractivity (Wildman–Crippen MR) is 134 cm³/mol. The van der Waals surface area contributed by atoms with Crippen LogP contribution in [0.4, 0.5) is 0 Å². The van der Waals surface area contributed by atoms with Crippen molar-refractivity contribution in [3.8, 4) is 29.1 Å². The first-order valence-electron chi connectivity index (χ1n) is 11.0. The van der Waals surface area contributed by atoms with Crippen molar-refractivity contribution in [1.82, 2.24) is 5.32 Å². The van der Waals surface area contributed by atoms with Gasteiger partial charge in [-0.2, -0.15) is 5.26 Å². The van der Waals surface area contributed by atoms with E-state index in [0.717, 1.165) is 5.56 Å². The zero-order valence-electron chi connectivity index (χ0n) is 20.2. The van der Waals surface area contributed by atoms with Crippen LogP contribution in [0.25, 0.3) is 6.08 Å². The van der Waals surface area contributed by atoms with E-state index in [9.17, 15) is 14.9 Å². The number of methoxy groups -OCH3 is 3. The van der Waals surface area contributed by atoms with E-state index < -0.39 is 11.9 Å². The van der Waals surface area contributed by atoms with E-state index in [1.165, 1.54) is 13.2 Å². The Labute approximate surface area is 209 Å². The molecule has 0 fully saturated rings. The minimum Gasteiger partial charge on any atom is -0.493 e. The summed E-state index contributed by atoms with van der Waals surface area (Å²) in [6.07, 6.45) is 1.98. The fraction of sp³-hybridized carbons (Fsp3) is 0.179. The highest BCUT2D eigenvalue weighted by atomic mass is 16.6. The van der Waals surface area contributed by atoms with Crippen molar-refractivity contribution in [2.45, 2.75) is 6.42 Å². The van der Waals surface area contributed by atoms with E-state index in [-0.39, 0.29) is 11.3 Å². The number of nitrogens with one attached hydrogen (secondary N) is 1. The predicted octanol–water partition coefficient (Wildman–Crippen LogP) is 4.20. The van der Waals surface area contributed by atoms with Crippen LogP contribution in [0.3, 0.4) is 0 Å². The van der Waals surface area contributed by atoms with Crippen molar-refractivity contribution in [3.63, 3.8) is 0 Å². The van der Waals surface area contributed by atoms with Crippen molar-refractivity contribution in [1.29, 1.82) is 5.26 Å². The van der Waals surface area contributed by atoms with Gasteiger partial charge in [0.2, 0.25) is 0 Å². The summed E-state index contributed by atoms with van der Waals surface area (Å²) in [6.45, 7) is 0.324. The number of hydrogen-bond donors (Lipinski definition) is 1. The molecule has 3 aromatic rings. The van der Waals surface area contributed by atoms with Crippen molar-refractivity contribution in [3.05, 3.63) is 89.0 Å². The molecule has 184 valence electrons. The molecule has 0 heterocycles. The number of carbonyl (C=O) groups excluding carboxylic acids is 2. The minimum absolute atomic E-state index is 0.0709. The lowest BCUT2D eigenvalue weighted by atomic mass is 10.1. The van der Waals surface area contributed by atoms with E-state index in [0.29, 0.717) is 41.3 Å². The highest BCUT2D eigenvalue weighted by Gasteiger charge is 2.14. The van der Waals surface area contributed by atoms with Crippen LogP contribution < -0.4 is 24.3 Å². The lowest BCUT2D eigenvalue weighted by Crippen LogP contribution is -2.26. The van der Waals surface area contributed by atoms with Crippen LogP contribution in [0.1, 0.15) is 21.5 Å². The molecule has 8 nitrogen and oxygen atoms in total. The van der Waals surface area contributed by atoms with Crippen molar-refractivity contribution < 1.29 is 28.5 Å². The maximum Gasteiger partial charge on any atom is 0.343 e. The summed E-state index contributed by atoms with van der Waals surface area (Å²) in [5.74, 6) is 0.711. The van der Waals surface area contributed by atoms with E-state index >= 15 is 0 Å².